The van der Waals surface area contributed by atoms with Crippen LogP contribution in [0.1, 0.15) is 18.1 Å². The molecule has 5 rings (SSSR count). The van der Waals surface area contributed by atoms with E-state index in [0.29, 0.717) is 11.4 Å². The van der Waals surface area contributed by atoms with Crippen LogP contribution in [0.4, 0.5) is 5.69 Å². The van der Waals surface area contributed by atoms with Gasteiger partial charge in [-0.1, -0.05) is 30.3 Å². The summed E-state index contributed by atoms with van der Waals surface area (Å²) in [4.78, 5) is 41.0. The van der Waals surface area contributed by atoms with E-state index < -0.39 is 17.4 Å². The second kappa shape index (κ2) is 6.15. The number of fused-ring (bicyclic) bond motifs is 4. The topological polar surface area (TPSA) is 87.7 Å². The van der Waals surface area contributed by atoms with Crippen LogP contribution in [0.15, 0.2) is 48.5 Å². The number of imide groups is 1. The number of ether oxygens (including phenoxy) is 1. The predicted molar refractivity (Wildman–Crippen MR) is 105 cm³/mol. The number of rotatable bonds is 3. The number of benzene rings is 2. The number of amides is 3. The van der Waals surface area contributed by atoms with Crippen LogP contribution in [0.2, 0.25) is 0 Å². The lowest BCUT2D eigenvalue weighted by molar-refractivity contribution is -0.143. The first-order valence-electron chi connectivity index (χ1n) is 9.64. The maximum Gasteiger partial charge on any atom is 0.250 e. The minimum atomic E-state index is -1.21. The Morgan fingerprint density at radius 3 is 2.48 bits per heavy atom. The van der Waals surface area contributed by atoms with E-state index in [-0.39, 0.29) is 30.3 Å². The quantitative estimate of drug-likeness (QED) is 0.777. The fourth-order valence-electron chi connectivity index (χ4n) is 5.05. The minimum Gasteiger partial charge on any atom is -0.497 e. The highest BCUT2D eigenvalue weighted by molar-refractivity contribution is 6.15. The highest BCUT2D eigenvalue weighted by Gasteiger charge is 2.69. The minimum absolute atomic E-state index is 0.181. The summed E-state index contributed by atoms with van der Waals surface area (Å²) in [5, 5.41) is 6.18. The Morgan fingerprint density at radius 1 is 1.03 bits per heavy atom. The molecule has 29 heavy (non-hydrogen) atoms. The molecule has 0 aliphatic carbocycles. The lowest BCUT2D eigenvalue weighted by atomic mass is 9.76. The van der Waals surface area contributed by atoms with Gasteiger partial charge >= 0.3 is 0 Å². The second-order valence-corrected chi connectivity index (χ2v) is 7.85. The molecule has 4 atom stereocenters. The molecule has 7 nitrogen and oxygen atoms in total. The largest absolute Gasteiger partial charge is 0.497 e. The third-order valence-electron chi connectivity index (χ3n) is 6.36. The number of carbonyl (C=O) groups excluding carboxylic acids is 3. The maximum atomic E-state index is 13.4. The summed E-state index contributed by atoms with van der Waals surface area (Å²) in [6.07, 6.45) is 0. The Bertz CT molecular complexity index is 1030. The molecule has 148 valence electrons. The van der Waals surface area contributed by atoms with Crippen LogP contribution in [0.5, 0.6) is 5.75 Å². The molecule has 2 aromatic rings. The van der Waals surface area contributed by atoms with Gasteiger partial charge in [0.1, 0.15) is 11.3 Å². The second-order valence-electron chi connectivity index (χ2n) is 7.85. The molecule has 0 unspecified atom stereocenters. The molecule has 3 aliphatic heterocycles. The van der Waals surface area contributed by atoms with Crippen molar-refractivity contribution < 1.29 is 19.1 Å². The third kappa shape index (κ3) is 2.31. The monoisotopic (exact) mass is 391 g/mol. The van der Waals surface area contributed by atoms with Gasteiger partial charge in [0.05, 0.1) is 25.5 Å². The standard InChI is InChI=1S/C22H21N3O4/c1-12-17-18(22(24-12)15-5-3-4-6-16(15)23-21(22)28)20(27)25(19(17)26)11-13-7-9-14(29-2)10-8-13/h3-10,12,17-18,24H,11H2,1-2H3,(H,23,28)/t12-,17-,18-,22-/m0/s1. The third-order valence-corrected chi connectivity index (χ3v) is 6.36. The number of anilines is 1. The predicted octanol–water partition coefficient (Wildman–Crippen LogP) is 1.64. The Labute approximate surface area is 168 Å². The number of nitrogens with one attached hydrogen (secondary N) is 2. The molecule has 3 aliphatic rings. The van der Waals surface area contributed by atoms with Crippen molar-refractivity contribution in [2.45, 2.75) is 25.0 Å². The Hall–Kier alpha value is -3.19. The van der Waals surface area contributed by atoms with Crippen molar-refractivity contribution in [3.8, 4) is 5.75 Å². The van der Waals surface area contributed by atoms with Crippen molar-refractivity contribution in [3.63, 3.8) is 0 Å². The number of nitrogens with zero attached hydrogens (tertiary/aromatic N) is 1. The molecule has 0 radical (unpaired) electrons. The fraction of sp³-hybridized carbons (Fsp3) is 0.318. The van der Waals surface area contributed by atoms with Gasteiger partial charge in [0.25, 0.3) is 0 Å². The molecule has 0 saturated carbocycles. The smallest absolute Gasteiger partial charge is 0.250 e. The molecule has 3 heterocycles. The molecular formula is C22H21N3O4. The van der Waals surface area contributed by atoms with Crippen LogP contribution in [0, 0.1) is 11.8 Å². The van der Waals surface area contributed by atoms with E-state index in [1.165, 1.54) is 4.90 Å². The molecule has 2 aromatic carbocycles. The van der Waals surface area contributed by atoms with E-state index in [1.54, 1.807) is 19.2 Å². The van der Waals surface area contributed by atoms with E-state index in [4.69, 9.17) is 4.74 Å². The van der Waals surface area contributed by atoms with Gasteiger partial charge in [-0.25, -0.2) is 0 Å². The summed E-state index contributed by atoms with van der Waals surface area (Å²) in [5.74, 6) is -1.43. The maximum absolute atomic E-state index is 13.4. The van der Waals surface area contributed by atoms with Gasteiger partial charge in [0.2, 0.25) is 17.7 Å². The average molecular weight is 391 g/mol. The Morgan fingerprint density at radius 2 is 1.76 bits per heavy atom. The average Bonchev–Trinajstić information content (AvgIpc) is 3.28. The van der Waals surface area contributed by atoms with Gasteiger partial charge < -0.3 is 10.1 Å². The van der Waals surface area contributed by atoms with Gasteiger partial charge in [0, 0.05) is 17.3 Å². The van der Waals surface area contributed by atoms with Crippen LogP contribution in [0.3, 0.4) is 0 Å². The first kappa shape index (κ1) is 17.9. The molecule has 2 N–H and O–H groups in total. The van der Waals surface area contributed by atoms with E-state index in [0.717, 1.165) is 11.1 Å². The highest BCUT2D eigenvalue weighted by Crippen LogP contribution is 2.52. The van der Waals surface area contributed by atoms with Gasteiger partial charge in [0.15, 0.2) is 0 Å². The van der Waals surface area contributed by atoms with Gasteiger partial charge in [-0.05, 0) is 30.7 Å². The van der Waals surface area contributed by atoms with E-state index in [1.807, 2.05) is 43.3 Å². The van der Waals surface area contributed by atoms with Gasteiger partial charge in [-0.15, -0.1) is 0 Å². The molecule has 7 heteroatoms. The zero-order valence-corrected chi connectivity index (χ0v) is 16.1. The Kier molecular flexibility index (Phi) is 3.79. The van der Waals surface area contributed by atoms with E-state index >= 15 is 0 Å². The summed E-state index contributed by atoms with van der Waals surface area (Å²) in [6, 6.07) is 14.3. The zero-order chi connectivity index (χ0) is 20.3. The number of hydrogen-bond donors (Lipinski definition) is 2. The highest BCUT2D eigenvalue weighted by atomic mass is 16.5. The molecule has 0 bridgehead atoms. The SMILES string of the molecule is COc1ccc(CN2C(=O)[C@H]3[C@H](C)N[C@]4(C(=O)Nc5ccccc54)[C@@H]3C2=O)cc1. The van der Waals surface area contributed by atoms with Crippen molar-refractivity contribution in [2.75, 3.05) is 12.4 Å². The molecular weight excluding hydrogens is 370 g/mol. The fourth-order valence-corrected chi connectivity index (χ4v) is 5.05. The van der Waals surface area contributed by atoms with Crippen molar-refractivity contribution in [1.82, 2.24) is 10.2 Å². The van der Waals surface area contributed by atoms with Crippen molar-refractivity contribution in [2.24, 2.45) is 11.8 Å². The van der Waals surface area contributed by atoms with Crippen LogP contribution in [-0.4, -0.2) is 35.8 Å². The number of carbonyl (C=O) groups is 3. The number of hydrogen-bond acceptors (Lipinski definition) is 5. The van der Waals surface area contributed by atoms with Crippen LogP contribution >= 0.6 is 0 Å². The summed E-state index contributed by atoms with van der Waals surface area (Å²) in [6.45, 7) is 2.05. The first-order chi connectivity index (χ1) is 14.0. The molecule has 3 amide bonds. The van der Waals surface area contributed by atoms with Gasteiger partial charge in [-0.3, -0.25) is 24.6 Å². The normalized spacial score (nSPS) is 29.9. The lowest BCUT2D eigenvalue weighted by Gasteiger charge is -2.29. The molecule has 2 fully saturated rings. The van der Waals surface area contributed by atoms with Crippen LogP contribution in [-0.2, 0) is 26.5 Å². The summed E-state index contributed by atoms with van der Waals surface area (Å²) < 4.78 is 5.16. The van der Waals surface area contributed by atoms with Crippen molar-refractivity contribution in [3.05, 3.63) is 59.7 Å². The van der Waals surface area contributed by atoms with Gasteiger partial charge in [-0.2, -0.15) is 0 Å². The summed E-state index contributed by atoms with van der Waals surface area (Å²) >= 11 is 0. The van der Waals surface area contributed by atoms with Crippen molar-refractivity contribution >= 4 is 23.4 Å². The first-order valence-corrected chi connectivity index (χ1v) is 9.64. The molecule has 2 saturated heterocycles. The summed E-state index contributed by atoms with van der Waals surface area (Å²) in [7, 11) is 1.59. The number of methoxy groups -OCH3 is 1. The molecule has 1 spiro atoms. The number of para-hydroxylation sites is 1. The molecule has 0 aromatic heterocycles. The summed E-state index contributed by atoms with van der Waals surface area (Å²) in [5.41, 5.74) is 1.05. The van der Waals surface area contributed by atoms with Crippen LogP contribution < -0.4 is 15.4 Å². The Balaban J connectivity index is 1.53. The van der Waals surface area contributed by atoms with E-state index in [9.17, 15) is 14.4 Å². The number of likely N-dealkylation sites (tertiary alicyclic amines) is 1. The zero-order valence-electron chi connectivity index (χ0n) is 16.1. The van der Waals surface area contributed by atoms with Crippen LogP contribution in [0.25, 0.3) is 0 Å². The van der Waals surface area contributed by atoms with E-state index in [2.05, 4.69) is 10.6 Å². The van der Waals surface area contributed by atoms with Crippen molar-refractivity contribution in [1.29, 1.82) is 0 Å². The lowest BCUT2D eigenvalue weighted by Crippen LogP contribution is -2.52.